The van der Waals surface area contributed by atoms with Crippen molar-refractivity contribution in [2.45, 2.75) is 24.2 Å². The number of carboxylic acids is 1. The van der Waals surface area contributed by atoms with Crippen LogP contribution >= 0.6 is 11.8 Å². The van der Waals surface area contributed by atoms with Crippen LogP contribution < -0.4 is 0 Å². The van der Waals surface area contributed by atoms with Crippen LogP contribution in [0, 0.1) is 23.6 Å². The average Bonchev–Trinajstić information content (AvgIpc) is 3.27. The van der Waals surface area contributed by atoms with E-state index in [0.29, 0.717) is 36.1 Å². The predicted octanol–water partition coefficient (Wildman–Crippen LogP) is 2.88. The summed E-state index contributed by atoms with van der Waals surface area (Å²) in [5, 5.41) is 9.33. The van der Waals surface area contributed by atoms with Crippen molar-refractivity contribution in [1.82, 2.24) is 4.90 Å². The van der Waals surface area contributed by atoms with Crippen LogP contribution in [0.25, 0.3) is 0 Å². The first-order valence-electron chi connectivity index (χ1n) is 7.94. The van der Waals surface area contributed by atoms with Gasteiger partial charge in [-0.3, -0.25) is 9.59 Å². The van der Waals surface area contributed by atoms with Gasteiger partial charge in [0.15, 0.2) is 0 Å². The Bertz CT molecular complexity index is 605. The number of benzene rings is 1. The van der Waals surface area contributed by atoms with Crippen molar-refractivity contribution in [2.75, 3.05) is 18.8 Å². The van der Waals surface area contributed by atoms with Crippen molar-refractivity contribution in [3.8, 4) is 0 Å². The van der Waals surface area contributed by atoms with Crippen LogP contribution in [0.1, 0.15) is 19.3 Å². The van der Waals surface area contributed by atoms with Gasteiger partial charge in [0.25, 0.3) is 0 Å². The van der Waals surface area contributed by atoms with Crippen molar-refractivity contribution < 1.29 is 19.1 Å². The zero-order valence-corrected chi connectivity index (χ0v) is 13.6. The van der Waals surface area contributed by atoms with Gasteiger partial charge in [0, 0.05) is 30.2 Å². The molecule has 1 aliphatic heterocycles. The summed E-state index contributed by atoms with van der Waals surface area (Å²) < 4.78 is 13.5. The summed E-state index contributed by atoms with van der Waals surface area (Å²) in [5.74, 6) is -0.433. The standard InChI is InChI=1S/C17H20FNO3S/c18-14-3-1-2-4-15(14)23-8-7-16(20)19-9-12(11-5-6-11)13(10-19)17(21)22/h1-4,11-13H,5-10H2,(H,21,22)/t12-,13+/m1/s1. The molecule has 2 atom stereocenters. The monoisotopic (exact) mass is 337 g/mol. The lowest BCUT2D eigenvalue weighted by Crippen LogP contribution is -2.30. The molecular formula is C17H20FNO3S. The van der Waals surface area contributed by atoms with E-state index >= 15 is 0 Å². The highest BCUT2D eigenvalue weighted by Gasteiger charge is 2.46. The van der Waals surface area contributed by atoms with Crippen molar-refractivity contribution >= 4 is 23.6 Å². The molecule has 0 bridgehead atoms. The molecular weight excluding hydrogens is 317 g/mol. The van der Waals surface area contributed by atoms with Crippen LogP contribution in [0.4, 0.5) is 4.39 Å². The zero-order chi connectivity index (χ0) is 16.4. The van der Waals surface area contributed by atoms with Gasteiger partial charge < -0.3 is 10.0 Å². The molecule has 1 saturated heterocycles. The number of carbonyl (C=O) groups excluding carboxylic acids is 1. The first kappa shape index (κ1) is 16.3. The Hall–Kier alpha value is -1.56. The van der Waals surface area contributed by atoms with Crippen molar-refractivity contribution in [1.29, 1.82) is 0 Å². The highest BCUT2D eigenvalue weighted by molar-refractivity contribution is 7.99. The fourth-order valence-electron chi connectivity index (χ4n) is 3.26. The molecule has 0 aromatic heterocycles. The summed E-state index contributed by atoms with van der Waals surface area (Å²) in [5.41, 5.74) is 0. The highest BCUT2D eigenvalue weighted by Crippen LogP contribution is 2.44. The van der Waals surface area contributed by atoms with Crippen LogP contribution in [0.3, 0.4) is 0 Å². The second kappa shape index (κ2) is 6.91. The van der Waals surface area contributed by atoms with Gasteiger partial charge in [-0.25, -0.2) is 4.39 Å². The van der Waals surface area contributed by atoms with Gasteiger partial charge in [0.05, 0.1) is 5.92 Å². The Morgan fingerprint density at radius 2 is 2.00 bits per heavy atom. The van der Waals surface area contributed by atoms with E-state index in [4.69, 9.17) is 0 Å². The fourth-order valence-corrected chi connectivity index (χ4v) is 4.14. The molecule has 1 saturated carbocycles. The van der Waals surface area contributed by atoms with Crippen LogP contribution in [0.5, 0.6) is 0 Å². The number of hydrogen-bond acceptors (Lipinski definition) is 3. The Morgan fingerprint density at radius 1 is 1.26 bits per heavy atom. The lowest BCUT2D eigenvalue weighted by Gasteiger charge is -2.16. The third-order valence-electron chi connectivity index (χ3n) is 4.67. The van der Waals surface area contributed by atoms with Crippen molar-refractivity contribution in [3.63, 3.8) is 0 Å². The van der Waals surface area contributed by atoms with Gasteiger partial charge >= 0.3 is 5.97 Å². The lowest BCUT2D eigenvalue weighted by atomic mass is 9.92. The van der Waals surface area contributed by atoms with Gasteiger partial charge in [-0.1, -0.05) is 12.1 Å². The number of aliphatic carboxylic acids is 1. The maximum atomic E-state index is 13.5. The molecule has 4 nitrogen and oxygen atoms in total. The molecule has 1 aromatic carbocycles. The second-order valence-electron chi connectivity index (χ2n) is 6.27. The summed E-state index contributed by atoms with van der Waals surface area (Å²) in [7, 11) is 0. The predicted molar refractivity (Wildman–Crippen MR) is 85.7 cm³/mol. The number of halogens is 1. The Balaban J connectivity index is 1.50. The smallest absolute Gasteiger partial charge is 0.308 e. The lowest BCUT2D eigenvalue weighted by molar-refractivity contribution is -0.142. The largest absolute Gasteiger partial charge is 0.481 e. The van der Waals surface area contributed by atoms with E-state index in [1.807, 2.05) is 0 Å². The van der Waals surface area contributed by atoms with Crippen molar-refractivity contribution in [2.24, 2.45) is 17.8 Å². The molecule has 23 heavy (non-hydrogen) atoms. The first-order chi connectivity index (χ1) is 11.1. The molecule has 0 radical (unpaired) electrons. The summed E-state index contributed by atoms with van der Waals surface area (Å²) in [6.07, 6.45) is 2.47. The van der Waals surface area contributed by atoms with E-state index in [1.54, 1.807) is 23.1 Å². The van der Waals surface area contributed by atoms with E-state index in [9.17, 15) is 19.1 Å². The van der Waals surface area contributed by atoms with Crippen LogP contribution in [0.15, 0.2) is 29.2 Å². The molecule has 1 N–H and O–H groups in total. The van der Waals surface area contributed by atoms with Gasteiger partial charge in [-0.05, 0) is 36.8 Å². The molecule has 1 amide bonds. The van der Waals surface area contributed by atoms with Gasteiger partial charge in [0.2, 0.25) is 5.91 Å². The number of rotatable bonds is 6. The number of nitrogens with zero attached hydrogens (tertiary/aromatic N) is 1. The van der Waals surface area contributed by atoms with Crippen LogP contribution in [0.2, 0.25) is 0 Å². The van der Waals surface area contributed by atoms with E-state index in [0.717, 1.165) is 12.8 Å². The number of carboxylic acid groups (broad SMARTS) is 1. The SMILES string of the molecule is O=C(O)[C@H]1CN(C(=O)CCSc2ccccc2F)C[C@@H]1C1CC1. The van der Waals surface area contributed by atoms with E-state index < -0.39 is 11.9 Å². The molecule has 124 valence electrons. The molecule has 1 aromatic rings. The fraction of sp³-hybridized carbons (Fsp3) is 0.529. The Kier molecular flexibility index (Phi) is 4.90. The third kappa shape index (κ3) is 3.86. The van der Waals surface area contributed by atoms with E-state index in [2.05, 4.69) is 0 Å². The molecule has 6 heteroatoms. The zero-order valence-electron chi connectivity index (χ0n) is 12.8. The summed E-state index contributed by atoms with van der Waals surface area (Å²) in [6.45, 7) is 0.879. The summed E-state index contributed by atoms with van der Waals surface area (Å²) in [4.78, 5) is 25.9. The number of amides is 1. The van der Waals surface area contributed by atoms with E-state index in [1.165, 1.54) is 17.8 Å². The quantitative estimate of drug-likeness (QED) is 0.811. The average molecular weight is 337 g/mol. The van der Waals surface area contributed by atoms with Gasteiger partial charge in [-0.2, -0.15) is 0 Å². The molecule has 3 rings (SSSR count). The molecule has 0 spiro atoms. The molecule has 0 unspecified atom stereocenters. The molecule has 2 aliphatic rings. The van der Waals surface area contributed by atoms with Gasteiger partial charge in [0.1, 0.15) is 5.82 Å². The normalized spacial score (nSPS) is 24.0. The minimum atomic E-state index is -0.794. The second-order valence-corrected chi connectivity index (χ2v) is 7.41. The topological polar surface area (TPSA) is 57.6 Å². The maximum Gasteiger partial charge on any atom is 0.308 e. The Morgan fingerprint density at radius 3 is 2.65 bits per heavy atom. The van der Waals surface area contributed by atoms with E-state index in [-0.39, 0.29) is 17.6 Å². The molecule has 2 fully saturated rings. The third-order valence-corrected chi connectivity index (χ3v) is 5.72. The minimum absolute atomic E-state index is 0.0248. The number of likely N-dealkylation sites (tertiary alicyclic amines) is 1. The maximum absolute atomic E-state index is 13.5. The molecule has 1 aliphatic carbocycles. The number of carbonyl (C=O) groups is 2. The number of hydrogen-bond donors (Lipinski definition) is 1. The number of thioether (sulfide) groups is 1. The first-order valence-corrected chi connectivity index (χ1v) is 8.92. The highest BCUT2D eigenvalue weighted by atomic mass is 32.2. The Labute approximate surface area is 139 Å². The van der Waals surface area contributed by atoms with Gasteiger partial charge in [-0.15, -0.1) is 11.8 Å². The summed E-state index contributed by atoms with van der Waals surface area (Å²) >= 11 is 1.32. The van der Waals surface area contributed by atoms with Crippen LogP contribution in [-0.4, -0.2) is 40.7 Å². The van der Waals surface area contributed by atoms with Crippen LogP contribution in [-0.2, 0) is 9.59 Å². The molecule has 1 heterocycles. The van der Waals surface area contributed by atoms with Crippen molar-refractivity contribution in [3.05, 3.63) is 30.1 Å². The summed E-state index contributed by atoms with van der Waals surface area (Å²) in [6, 6.07) is 6.51. The minimum Gasteiger partial charge on any atom is -0.481 e.